The first kappa shape index (κ1) is 15.5. The molecule has 1 fully saturated rings. The highest BCUT2D eigenvalue weighted by Gasteiger charge is 2.22. The number of rotatable bonds is 4. The molecule has 0 bridgehead atoms. The van der Waals surface area contributed by atoms with Gasteiger partial charge in [-0.15, -0.1) is 0 Å². The molecule has 2 aromatic rings. The van der Waals surface area contributed by atoms with Crippen LogP contribution >= 0.6 is 0 Å². The number of carbonyl (C=O) groups excluding carboxylic acids is 1. The van der Waals surface area contributed by atoms with Crippen LogP contribution in [0.4, 0.5) is 4.39 Å². The largest absolute Gasteiger partial charge is 0.493 e. The number of methoxy groups -OCH3 is 1. The molecule has 122 valence electrons. The van der Waals surface area contributed by atoms with Gasteiger partial charge in [0.2, 0.25) is 0 Å². The summed E-state index contributed by atoms with van der Waals surface area (Å²) in [5.74, 6) is -0.139. The summed E-state index contributed by atoms with van der Waals surface area (Å²) >= 11 is 0. The Kier molecular flexibility index (Phi) is 4.60. The van der Waals surface area contributed by atoms with Gasteiger partial charge in [-0.05, 0) is 37.1 Å². The van der Waals surface area contributed by atoms with Crippen molar-refractivity contribution in [2.45, 2.75) is 38.1 Å². The highest BCUT2D eigenvalue weighted by molar-refractivity contribution is 5.95. The predicted molar refractivity (Wildman–Crippen MR) is 84.4 cm³/mol. The molecule has 1 aliphatic carbocycles. The molecule has 1 aromatic carbocycles. The summed E-state index contributed by atoms with van der Waals surface area (Å²) in [4.78, 5) is 12.5. The van der Waals surface area contributed by atoms with E-state index in [0.717, 1.165) is 25.7 Å². The van der Waals surface area contributed by atoms with Gasteiger partial charge in [0, 0.05) is 6.04 Å². The quantitative estimate of drug-likeness (QED) is 0.943. The van der Waals surface area contributed by atoms with Crippen LogP contribution in [0.5, 0.6) is 5.75 Å². The lowest BCUT2D eigenvalue weighted by molar-refractivity contribution is 0.0919. The number of hydrogen-bond donors (Lipinski definition) is 1. The number of nitrogens with one attached hydrogen (secondary N) is 1. The minimum absolute atomic E-state index is 0.205. The Hall–Kier alpha value is -2.37. The van der Waals surface area contributed by atoms with Crippen LogP contribution in [0.2, 0.25) is 0 Å². The molecular formula is C17H20FN3O2. The number of carbonyl (C=O) groups is 1. The van der Waals surface area contributed by atoms with E-state index in [1.165, 1.54) is 30.3 Å². The van der Waals surface area contributed by atoms with Crippen molar-refractivity contribution in [3.63, 3.8) is 0 Å². The number of aromatic nitrogens is 2. The van der Waals surface area contributed by atoms with E-state index in [-0.39, 0.29) is 23.5 Å². The number of nitrogens with zero attached hydrogens (tertiary/aromatic N) is 2. The van der Waals surface area contributed by atoms with Crippen LogP contribution in [0.25, 0.3) is 5.69 Å². The molecule has 23 heavy (non-hydrogen) atoms. The Balaban J connectivity index is 1.80. The van der Waals surface area contributed by atoms with Gasteiger partial charge < -0.3 is 10.1 Å². The first-order valence-electron chi connectivity index (χ1n) is 7.88. The summed E-state index contributed by atoms with van der Waals surface area (Å²) in [7, 11) is 1.50. The van der Waals surface area contributed by atoms with E-state index >= 15 is 0 Å². The predicted octanol–water partition coefficient (Wildman–Crippen LogP) is 3.08. The normalized spacial score (nSPS) is 15.4. The Bertz CT molecular complexity index is 676. The fourth-order valence-electron chi connectivity index (χ4n) is 2.89. The first-order valence-corrected chi connectivity index (χ1v) is 7.88. The summed E-state index contributed by atoms with van der Waals surface area (Å²) in [6.07, 6.45) is 7.16. The van der Waals surface area contributed by atoms with Gasteiger partial charge in [0.05, 0.1) is 19.0 Å². The van der Waals surface area contributed by atoms with Gasteiger partial charge in [0.1, 0.15) is 5.82 Å². The van der Waals surface area contributed by atoms with Gasteiger partial charge >= 0.3 is 0 Å². The van der Waals surface area contributed by atoms with Crippen molar-refractivity contribution in [1.82, 2.24) is 15.1 Å². The van der Waals surface area contributed by atoms with Crippen LogP contribution < -0.4 is 10.1 Å². The third-order valence-corrected chi connectivity index (χ3v) is 4.15. The lowest BCUT2D eigenvalue weighted by Gasteiger charge is -2.22. The average Bonchev–Trinajstić information content (AvgIpc) is 3.01. The molecule has 1 aliphatic rings. The maximum absolute atomic E-state index is 13.0. The van der Waals surface area contributed by atoms with Crippen LogP contribution in [-0.4, -0.2) is 28.8 Å². The molecule has 0 unspecified atom stereocenters. The molecule has 1 amide bonds. The zero-order valence-corrected chi connectivity index (χ0v) is 13.1. The highest BCUT2D eigenvalue weighted by atomic mass is 19.1. The van der Waals surface area contributed by atoms with Crippen LogP contribution in [0, 0.1) is 5.82 Å². The van der Waals surface area contributed by atoms with Crippen LogP contribution in [0.1, 0.15) is 42.6 Å². The lowest BCUT2D eigenvalue weighted by atomic mass is 9.95. The van der Waals surface area contributed by atoms with Crippen molar-refractivity contribution < 1.29 is 13.9 Å². The molecule has 0 spiro atoms. The maximum Gasteiger partial charge on any atom is 0.275 e. The molecule has 1 N–H and O–H groups in total. The van der Waals surface area contributed by atoms with Crippen molar-refractivity contribution in [1.29, 1.82) is 0 Å². The molecular weight excluding hydrogens is 297 g/mol. The summed E-state index contributed by atoms with van der Waals surface area (Å²) < 4.78 is 19.8. The maximum atomic E-state index is 13.0. The Morgan fingerprint density at radius 1 is 1.26 bits per heavy atom. The van der Waals surface area contributed by atoms with Gasteiger partial charge in [-0.25, -0.2) is 9.07 Å². The summed E-state index contributed by atoms with van der Waals surface area (Å²) in [5.41, 5.74) is 0.920. The van der Waals surface area contributed by atoms with Crippen LogP contribution in [-0.2, 0) is 0 Å². The standard InChI is InChI=1S/C17H20FN3O2/c1-23-15-11-21(14-9-7-12(18)8-10-14)20-16(15)17(22)19-13-5-3-2-4-6-13/h7-11,13H,2-6H2,1H3,(H,19,22). The second-order valence-corrected chi connectivity index (χ2v) is 5.78. The Labute approximate surface area is 134 Å². The topological polar surface area (TPSA) is 56.2 Å². The zero-order chi connectivity index (χ0) is 16.2. The zero-order valence-electron chi connectivity index (χ0n) is 13.1. The number of hydrogen-bond acceptors (Lipinski definition) is 3. The van der Waals surface area contributed by atoms with Crippen molar-refractivity contribution in [2.75, 3.05) is 7.11 Å². The molecule has 0 radical (unpaired) electrons. The monoisotopic (exact) mass is 317 g/mol. The average molecular weight is 317 g/mol. The molecule has 5 nitrogen and oxygen atoms in total. The van der Waals surface area contributed by atoms with E-state index in [1.807, 2.05) is 0 Å². The van der Waals surface area contributed by atoms with Gasteiger partial charge in [-0.3, -0.25) is 4.79 Å². The lowest BCUT2D eigenvalue weighted by Crippen LogP contribution is -2.36. The van der Waals surface area contributed by atoms with E-state index in [9.17, 15) is 9.18 Å². The third-order valence-electron chi connectivity index (χ3n) is 4.15. The van der Waals surface area contributed by atoms with E-state index in [0.29, 0.717) is 11.4 Å². The van der Waals surface area contributed by atoms with Crippen LogP contribution in [0.15, 0.2) is 30.5 Å². The minimum Gasteiger partial charge on any atom is -0.493 e. The Morgan fingerprint density at radius 2 is 1.96 bits per heavy atom. The van der Waals surface area contributed by atoms with Crippen molar-refractivity contribution >= 4 is 5.91 Å². The molecule has 0 aliphatic heterocycles. The van der Waals surface area contributed by atoms with E-state index < -0.39 is 0 Å². The second-order valence-electron chi connectivity index (χ2n) is 5.78. The van der Waals surface area contributed by atoms with Gasteiger partial charge in [-0.2, -0.15) is 5.10 Å². The Morgan fingerprint density at radius 3 is 2.61 bits per heavy atom. The molecule has 1 aromatic heterocycles. The van der Waals surface area contributed by atoms with Gasteiger partial charge in [0.25, 0.3) is 5.91 Å². The molecule has 1 saturated carbocycles. The number of benzene rings is 1. The summed E-state index contributed by atoms with van der Waals surface area (Å²) in [5, 5.41) is 7.33. The SMILES string of the molecule is COc1cn(-c2ccc(F)cc2)nc1C(=O)NC1CCCCC1. The second kappa shape index (κ2) is 6.81. The summed E-state index contributed by atoms with van der Waals surface area (Å²) in [6.45, 7) is 0. The first-order chi connectivity index (χ1) is 11.2. The number of ether oxygens (including phenoxy) is 1. The van der Waals surface area contributed by atoms with Crippen molar-refractivity contribution in [2.24, 2.45) is 0 Å². The molecule has 0 atom stereocenters. The van der Waals surface area contributed by atoms with Crippen molar-refractivity contribution in [3.05, 3.63) is 42.0 Å². The molecule has 6 heteroatoms. The van der Waals surface area contributed by atoms with E-state index in [4.69, 9.17) is 4.74 Å². The van der Waals surface area contributed by atoms with Crippen molar-refractivity contribution in [3.8, 4) is 11.4 Å². The third kappa shape index (κ3) is 3.52. The highest BCUT2D eigenvalue weighted by Crippen LogP contribution is 2.22. The van der Waals surface area contributed by atoms with E-state index in [1.54, 1.807) is 18.3 Å². The fourth-order valence-corrected chi connectivity index (χ4v) is 2.89. The van der Waals surface area contributed by atoms with Gasteiger partial charge in [-0.1, -0.05) is 19.3 Å². The fraction of sp³-hybridized carbons (Fsp3) is 0.412. The molecule has 1 heterocycles. The van der Waals surface area contributed by atoms with Gasteiger partial charge in [0.15, 0.2) is 11.4 Å². The smallest absolute Gasteiger partial charge is 0.275 e. The number of halogens is 1. The molecule has 3 rings (SSSR count). The van der Waals surface area contributed by atoms with E-state index in [2.05, 4.69) is 10.4 Å². The summed E-state index contributed by atoms with van der Waals surface area (Å²) in [6, 6.07) is 6.11. The minimum atomic E-state index is -0.317. The molecule has 0 saturated heterocycles. The van der Waals surface area contributed by atoms with Crippen LogP contribution in [0.3, 0.4) is 0 Å². The number of amides is 1.